The zero-order chi connectivity index (χ0) is 43.3. The van der Waals surface area contributed by atoms with Crippen molar-refractivity contribution in [1.29, 1.82) is 0 Å². The molecular weight excluding hydrogens is 796 g/mol. The molecule has 11 aromatic rings. The van der Waals surface area contributed by atoms with Gasteiger partial charge in [0.05, 0.1) is 11.0 Å². The number of nitrogens with zero attached hydrogens (tertiary/aromatic N) is 2. The Morgan fingerprint density at radius 3 is 2.06 bits per heavy atom. The average molecular weight is 843 g/mol. The van der Waals surface area contributed by atoms with Gasteiger partial charge < -0.3 is 13.8 Å². The van der Waals surface area contributed by atoms with E-state index in [0.717, 1.165) is 16.6 Å². The Balaban J connectivity index is 1.16. The Hall–Kier alpha value is -6.56. The molecule has 0 atom stereocenters. The first-order valence-corrected chi connectivity index (χ1v) is 23.7. The van der Waals surface area contributed by atoms with E-state index in [2.05, 4.69) is 204 Å². The second-order valence-electron chi connectivity index (χ2n) is 21.3. The van der Waals surface area contributed by atoms with Crippen molar-refractivity contribution in [2.45, 2.75) is 71.6 Å². The lowest BCUT2D eigenvalue weighted by Gasteiger charge is -2.42. The Morgan fingerprint density at radius 1 is 0.531 bits per heavy atom. The highest BCUT2D eigenvalue weighted by Gasteiger charge is 2.46. The first-order chi connectivity index (χ1) is 30.8. The highest BCUT2D eigenvalue weighted by molar-refractivity contribution is 7.26. The molecule has 0 radical (unpaired) electrons. The molecule has 308 valence electrons. The van der Waals surface area contributed by atoms with Crippen molar-refractivity contribution >= 4 is 104 Å². The van der Waals surface area contributed by atoms with Crippen molar-refractivity contribution in [2.24, 2.45) is 0 Å². The topological polar surface area (TPSA) is 21.3 Å². The summed E-state index contributed by atoms with van der Waals surface area (Å²) in [6.45, 7) is 18.7. The van der Waals surface area contributed by atoms with Crippen molar-refractivity contribution in [3.63, 3.8) is 0 Å². The highest BCUT2D eigenvalue weighted by atomic mass is 32.1. The summed E-state index contributed by atoms with van der Waals surface area (Å²) in [6.07, 6.45) is 0. The molecule has 0 unspecified atom stereocenters. The number of fused-ring (bicyclic) bond motifs is 18. The van der Waals surface area contributed by atoms with Crippen molar-refractivity contribution in [1.82, 2.24) is 4.57 Å². The van der Waals surface area contributed by atoms with E-state index < -0.39 is 0 Å². The highest BCUT2D eigenvalue weighted by Crippen LogP contribution is 2.55. The third-order valence-electron chi connectivity index (χ3n) is 15.3. The smallest absolute Gasteiger partial charge is 0.333 e. The van der Waals surface area contributed by atoms with Gasteiger partial charge in [0, 0.05) is 69.8 Å². The van der Waals surface area contributed by atoms with E-state index in [0.29, 0.717) is 0 Å². The molecule has 1 aliphatic carbocycles. The van der Waals surface area contributed by atoms with Crippen LogP contribution in [-0.2, 0) is 16.2 Å². The Bertz CT molecular complexity index is 3900. The first kappa shape index (κ1) is 36.9. The molecule has 0 saturated carbocycles. The van der Waals surface area contributed by atoms with Crippen LogP contribution in [0.3, 0.4) is 0 Å². The molecule has 3 nitrogen and oxygen atoms in total. The maximum Gasteiger partial charge on any atom is 0.333 e. The van der Waals surface area contributed by atoms with E-state index >= 15 is 0 Å². The number of hydrogen-bond donors (Lipinski definition) is 0. The average Bonchev–Trinajstić information content (AvgIpc) is 4.00. The Morgan fingerprint density at radius 2 is 1.27 bits per heavy atom. The number of thiophene rings is 1. The summed E-state index contributed by atoms with van der Waals surface area (Å²) in [5, 5.41) is 7.53. The summed E-state index contributed by atoms with van der Waals surface area (Å²) in [7, 11) is 0. The van der Waals surface area contributed by atoms with Crippen LogP contribution in [-0.4, -0.2) is 11.4 Å². The first-order valence-electron chi connectivity index (χ1n) is 22.9. The maximum atomic E-state index is 6.59. The summed E-state index contributed by atoms with van der Waals surface area (Å²) in [5.74, 6) is 0. The van der Waals surface area contributed by atoms with Crippen LogP contribution < -0.4 is 15.7 Å². The summed E-state index contributed by atoms with van der Waals surface area (Å²) in [4.78, 5) is 2.71. The number of furan rings is 1. The van der Waals surface area contributed by atoms with E-state index in [-0.39, 0.29) is 23.1 Å². The van der Waals surface area contributed by atoms with Crippen molar-refractivity contribution in [3.05, 3.63) is 162 Å². The van der Waals surface area contributed by atoms with Crippen LogP contribution in [0.1, 0.15) is 77.6 Å². The van der Waals surface area contributed by atoms with E-state index in [1.165, 1.54) is 120 Å². The summed E-state index contributed by atoms with van der Waals surface area (Å²) < 4.78 is 11.8. The van der Waals surface area contributed by atoms with E-state index in [1.807, 2.05) is 11.3 Å². The van der Waals surface area contributed by atoms with Gasteiger partial charge in [0.1, 0.15) is 11.2 Å². The van der Waals surface area contributed by atoms with Gasteiger partial charge in [-0.15, -0.1) is 11.3 Å². The second-order valence-corrected chi connectivity index (χ2v) is 22.4. The Labute approximate surface area is 377 Å². The molecule has 3 aromatic heterocycles. The van der Waals surface area contributed by atoms with Crippen LogP contribution in [0.2, 0.25) is 0 Å². The van der Waals surface area contributed by atoms with E-state index in [9.17, 15) is 0 Å². The van der Waals surface area contributed by atoms with Crippen LogP contribution in [0, 0.1) is 0 Å². The normalized spacial score (nSPS) is 14.9. The number of benzene rings is 8. The zero-order valence-corrected chi connectivity index (χ0v) is 38.4. The maximum absolute atomic E-state index is 6.59. The lowest BCUT2D eigenvalue weighted by molar-refractivity contribution is 0.589. The van der Waals surface area contributed by atoms with Gasteiger partial charge in [0.2, 0.25) is 0 Å². The fraction of sp³-hybridized carbons (Fsp3) is 0.186. The zero-order valence-electron chi connectivity index (χ0n) is 37.6. The fourth-order valence-corrected chi connectivity index (χ4v) is 13.1. The molecule has 8 aromatic carbocycles. The molecule has 0 N–H and O–H groups in total. The van der Waals surface area contributed by atoms with Crippen LogP contribution in [0.25, 0.3) is 91.9 Å². The number of rotatable bonds is 1. The largest absolute Gasteiger partial charge is 0.456 e. The second kappa shape index (κ2) is 12.0. The van der Waals surface area contributed by atoms with Crippen LogP contribution in [0.15, 0.2) is 144 Å². The molecular formula is C59H47BN2OS. The predicted octanol–water partition coefficient (Wildman–Crippen LogP) is 15.2. The summed E-state index contributed by atoms with van der Waals surface area (Å²) in [5.41, 5.74) is 21.5. The third-order valence-corrected chi connectivity index (χ3v) is 16.4. The van der Waals surface area contributed by atoms with Crippen LogP contribution >= 0.6 is 11.3 Å². The van der Waals surface area contributed by atoms with Crippen LogP contribution in [0.4, 0.5) is 11.4 Å². The predicted molar refractivity (Wildman–Crippen MR) is 275 cm³/mol. The standard InChI is InChI=1S/C59H47BN2OS/c1-57(2,3)32-17-20-34(21-18-32)62-47-30-40-39-27-33(58(4,5)6)19-24-43(39)59(7,8)44(40)28-41(47)36-22-23-38-53-46(25-26-50-54(53)37-14-9-11-15-49(37)63-50)61-48-31-52-42(35-13-10-12-16-51(35)64-52)29-45(48)60(62)55(36)56(38)61/h9-31H,1-8H3. The summed E-state index contributed by atoms with van der Waals surface area (Å²) >= 11 is 1.90. The molecule has 0 saturated heterocycles. The lowest BCUT2D eigenvalue weighted by atomic mass is 9.44. The molecule has 5 heteroatoms. The molecule has 0 bridgehead atoms. The molecule has 14 rings (SSSR count). The quantitative estimate of drug-likeness (QED) is 0.154. The monoisotopic (exact) mass is 842 g/mol. The minimum absolute atomic E-state index is 0.0323. The minimum Gasteiger partial charge on any atom is -0.456 e. The van der Waals surface area contributed by atoms with Gasteiger partial charge in [-0.2, -0.15) is 0 Å². The molecule has 5 heterocycles. The van der Waals surface area contributed by atoms with Crippen molar-refractivity contribution < 1.29 is 4.42 Å². The molecule has 3 aliphatic rings. The van der Waals surface area contributed by atoms with Gasteiger partial charge in [0.15, 0.2) is 0 Å². The molecule has 2 aliphatic heterocycles. The molecule has 0 amide bonds. The number of hydrogen-bond acceptors (Lipinski definition) is 3. The van der Waals surface area contributed by atoms with Crippen LogP contribution in [0.5, 0.6) is 0 Å². The Kier molecular flexibility index (Phi) is 6.89. The van der Waals surface area contributed by atoms with E-state index in [1.54, 1.807) is 0 Å². The van der Waals surface area contributed by atoms with Crippen molar-refractivity contribution in [3.8, 4) is 27.9 Å². The SMILES string of the molecule is CC(C)(C)c1ccc(N2B3c4cc5c(cc4-n4c6ccc7oc8ccccc8c7c6c6ccc(c3c64)-c3cc4c(cc32)-c2cc(C(C)(C)C)ccc2C4(C)C)sc2ccccc25)cc1. The number of anilines is 2. The molecule has 0 spiro atoms. The third kappa shape index (κ3) is 4.63. The van der Waals surface area contributed by atoms with Crippen molar-refractivity contribution in [2.75, 3.05) is 4.81 Å². The molecule has 64 heavy (non-hydrogen) atoms. The minimum atomic E-state index is -0.158. The number of para-hydroxylation sites is 1. The van der Waals surface area contributed by atoms with Gasteiger partial charge in [-0.25, -0.2) is 0 Å². The fourth-order valence-electron chi connectivity index (χ4n) is 12.0. The van der Waals surface area contributed by atoms with Gasteiger partial charge in [-0.05, 0) is 115 Å². The van der Waals surface area contributed by atoms with Gasteiger partial charge in [-0.3, -0.25) is 0 Å². The number of aromatic nitrogens is 1. The lowest BCUT2D eigenvalue weighted by Crippen LogP contribution is -2.60. The summed E-state index contributed by atoms with van der Waals surface area (Å²) in [6, 6.07) is 53.9. The molecule has 0 fully saturated rings. The van der Waals surface area contributed by atoms with Gasteiger partial charge in [-0.1, -0.05) is 140 Å². The van der Waals surface area contributed by atoms with Gasteiger partial charge >= 0.3 is 6.85 Å². The van der Waals surface area contributed by atoms with Gasteiger partial charge in [0.25, 0.3) is 0 Å². The van der Waals surface area contributed by atoms with E-state index in [4.69, 9.17) is 4.42 Å².